The molecule has 0 saturated carbocycles. The first kappa shape index (κ1) is 16.2. The van der Waals surface area contributed by atoms with Crippen molar-refractivity contribution in [3.63, 3.8) is 0 Å². The first-order valence-electron chi connectivity index (χ1n) is 7.60. The second-order valence-corrected chi connectivity index (χ2v) is 5.51. The minimum Gasteiger partial charge on any atom is -0.317 e. The van der Waals surface area contributed by atoms with Crippen molar-refractivity contribution in [2.45, 2.75) is 38.8 Å². The van der Waals surface area contributed by atoms with Crippen molar-refractivity contribution >= 4 is 18.2 Å². The van der Waals surface area contributed by atoms with Gasteiger partial charge in [-0.1, -0.05) is 6.92 Å². The third-order valence-electron chi connectivity index (χ3n) is 3.99. The van der Waals surface area contributed by atoms with Gasteiger partial charge >= 0.3 is 0 Å². The molecule has 0 aromatic carbocycles. The molecule has 0 bridgehead atoms. The van der Waals surface area contributed by atoms with Gasteiger partial charge in [0.05, 0.1) is 5.69 Å². The van der Waals surface area contributed by atoms with Gasteiger partial charge in [0.25, 0.3) is 0 Å². The topological polar surface area (TPSA) is 45.5 Å². The summed E-state index contributed by atoms with van der Waals surface area (Å²) in [5, 5.41) is 3.44. The molecule has 0 unspecified atom stereocenters. The van der Waals surface area contributed by atoms with Crippen molar-refractivity contribution in [1.82, 2.24) is 24.6 Å². The Morgan fingerprint density at radius 3 is 2.90 bits per heavy atom. The Balaban J connectivity index is 0.00000161. The highest BCUT2D eigenvalue weighted by Crippen LogP contribution is 2.16. The summed E-state index contributed by atoms with van der Waals surface area (Å²) in [5.41, 5.74) is 1.12. The van der Waals surface area contributed by atoms with E-state index in [0.29, 0.717) is 6.04 Å². The molecule has 6 heteroatoms. The second kappa shape index (κ2) is 7.73. The van der Waals surface area contributed by atoms with Crippen LogP contribution in [0.2, 0.25) is 0 Å². The van der Waals surface area contributed by atoms with E-state index in [1.54, 1.807) is 6.20 Å². The molecule has 0 atom stereocenters. The summed E-state index contributed by atoms with van der Waals surface area (Å²) in [6, 6.07) is 2.63. The van der Waals surface area contributed by atoms with Crippen LogP contribution in [-0.2, 0) is 6.54 Å². The molecule has 1 N–H and O–H groups in total. The van der Waals surface area contributed by atoms with Crippen LogP contribution >= 0.6 is 12.4 Å². The number of imidazole rings is 1. The monoisotopic (exact) mass is 309 g/mol. The number of nitrogens with zero attached hydrogens (tertiary/aromatic N) is 4. The second-order valence-electron chi connectivity index (χ2n) is 5.51. The van der Waals surface area contributed by atoms with Crippen molar-refractivity contribution in [3.8, 4) is 0 Å². The van der Waals surface area contributed by atoms with Crippen LogP contribution in [0.1, 0.15) is 31.9 Å². The van der Waals surface area contributed by atoms with Crippen LogP contribution in [0.4, 0.5) is 0 Å². The molecule has 0 aliphatic carbocycles. The van der Waals surface area contributed by atoms with Gasteiger partial charge in [-0.25, -0.2) is 9.97 Å². The zero-order valence-electron chi connectivity index (χ0n) is 12.5. The third-order valence-corrected chi connectivity index (χ3v) is 3.99. The van der Waals surface area contributed by atoms with E-state index in [1.165, 1.54) is 19.3 Å². The summed E-state index contributed by atoms with van der Waals surface area (Å²) in [4.78, 5) is 11.5. The molecule has 2 aromatic rings. The van der Waals surface area contributed by atoms with Crippen LogP contribution in [-0.4, -0.2) is 44.9 Å². The molecule has 0 radical (unpaired) electrons. The van der Waals surface area contributed by atoms with E-state index >= 15 is 0 Å². The Bertz CT molecular complexity index is 517. The first-order chi connectivity index (χ1) is 9.86. The SMILES string of the molecule is CCCN(Cc1cn2cccnc2n1)C1CCNCC1.Cl. The molecule has 21 heavy (non-hydrogen) atoms. The van der Waals surface area contributed by atoms with E-state index in [1.807, 2.05) is 16.7 Å². The van der Waals surface area contributed by atoms with Crippen molar-refractivity contribution in [1.29, 1.82) is 0 Å². The lowest BCUT2D eigenvalue weighted by Gasteiger charge is -2.34. The van der Waals surface area contributed by atoms with E-state index in [9.17, 15) is 0 Å². The predicted molar refractivity (Wildman–Crippen MR) is 86.8 cm³/mol. The molecule has 5 nitrogen and oxygen atoms in total. The minimum absolute atomic E-state index is 0. The quantitative estimate of drug-likeness (QED) is 0.919. The van der Waals surface area contributed by atoms with Crippen molar-refractivity contribution in [2.24, 2.45) is 0 Å². The predicted octanol–water partition coefficient (Wildman–Crippen LogP) is 2.12. The van der Waals surface area contributed by atoms with Gasteiger partial charge in [0, 0.05) is 31.2 Å². The van der Waals surface area contributed by atoms with Crippen LogP contribution in [0, 0.1) is 0 Å². The summed E-state index contributed by atoms with van der Waals surface area (Å²) >= 11 is 0. The average Bonchev–Trinajstić information content (AvgIpc) is 2.90. The highest BCUT2D eigenvalue weighted by atomic mass is 35.5. The maximum atomic E-state index is 4.62. The molecule has 1 fully saturated rings. The van der Waals surface area contributed by atoms with Crippen molar-refractivity contribution < 1.29 is 0 Å². The average molecular weight is 310 g/mol. The summed E-state index contributed by atoms with van der Waals surface area (Å²) in [7, 11) is 0. The molecule has 1 aliphatic rings. The Morgan fingerprint density at radius 2 is 2.19 bits per heavy atom. The van der Waals surface area contributed by atoms with Crippen LogP contribution in [0.3, 0.4) is 0 Å². The molecule has 3 rings (SSSR count). The van der Waals surface area contributed by atoms with Crippen LogP contribution in [0.25, 0.3) is 5.78 Å². The van der Waals surface area contributed by atoms with Gasteiger partial charge in [0.2, 0.25) is 5.78 Å². The number of aromatic nitrogens is 3. The summed E-state index contributed by atoms with van der Waals surface area (Å²) < 4.78 is 2.00. The zero-order valence-corrected chi connectivity index (χ0v) is 13.4. The highest BCUT2D eigenvalue weighted by molar-refractivity contribution is 5.85. The van der Waals surface area contributed by atoms with E-state index in [2.05, 4.69) is 33.3 Å². The molecule has 1 saturated heterocycles. The van der Waals surface area contributed by atoms with Crippen LogP contribution < -0.4 is 5.32 Å². The Hall–Kier alpha value is -1.17. The first-order valence-corrected chi connectivity index (χ1v) is 7.60. The number of hydrogen-bond donors (Lipinski definition) is 1. The minimum atomic E-state index is 0. The number of nitrogens with one attached hydrogen (secondary N) is 1. The van der Waals surface area contributed by atoms with Gasteiger partial charge in [0.1, 0.15) is 0 Å². The highest BCUT2D eigenvalue weighted by Gasteiger charge is 2.21. The molecule has 0 amide bonds. The van der Waals surface area contributed by atoms with E-state index < -0.39 is 0 Å². The standard InChI is InChI=1S/C15H23N5.ClH/c1-2-9-19(14-4-7-16-8-5-14)11-13-12-20-10-3-6-17-15(20)18-13;/h3,6,10,12,14,16H,2,4-5,7-9,11H2,1H3;1H. The Labute approximate surface area is 132 Å². The zero-order chi connectivity index (χ0) is 13.8. The number of fused-ring (bicyclic) bond motifs is 1. The summed E-state index contributed by atoms with van der Waals surface area (Å²) in [6.45, 7) is 6.60. The molecule has 0 spiro atoms. The van der Waals surface area contributed by atoms with Gasteiger partial charge in [-0.2, -0.15) is 0 Å². The Morgan fingerprint density at radius 1 is 1.38 bits per heavy atom. The van der Waals surface area contributed by atoms with Crippen LogP contribution in [0.5, 0.6) is 0 Å². The number of hydrogen-bond acceptors (Lipinski definition) is 4. The number of piperidine rings is 1. The van der Waals surface area contributed by atoms with Gasteiger partial charge < -0.3 is 5.32 Å². The van der Waals surface area contributed by atoms with Crippen LogP contribution in [0.15, 0.2) is 24.7 Å². The lowest BCUT2D eigenvalue weighted by atomic mass is 10.0. The fraction of sp³-hybridized carbons (Fsp3) is 0.600. The largest absolute Gasteiger partial charge is 0.317 e. The maximum absolute atomic E-state index is 4.62. The van der Waals surface area contributed by atoms with Crippen molar-refractivity contribution in [2.75, 3.05) is 19.6 Å². The van der Waals surface area contributed by atoms with E-state index in [4.69, 9.17) is 0 Å². The third kappa shape index (κ3) is 3.93. The van der Waals surface area contributed by atoms with Gasteiger partial charge in [-0.15, -0.1) is 12.4 Å². The van der Waals surface area contributed by atoms with Gasteiger partial charge in [-0.05, 0) is 45.0 Å². The lowest BCUT2D eigenvalue weighted by Crippen LogP contribution is -2.43. The summed E-state index contributed by atoms with van der Waals surface area (Å²) in [6.07, 6.45) is 9.58. The lowest BCUT2D eigenvalue weighted by molar-refractivity contribution is 0.152. The van der Waals surface area contributed by atoms with E-state index in [0.717, 1.165) is 37.7 Å². The smallest absolute Gasteiger partial charge is 0.233 e. The molecule has 2 aromatic heterocycles. The molecular weight excluding hydrogens is 286 g/mol. The molecule has 3 heterocycles. The van der Waals surface area contributed by atoms with Crippen molar-refractivity contribution in [3.05, 3.63) is 30.4 Å². The maximum Gasteiger partial charge on any atom is 0.233 e. The number of halogens is 1. The fourth-order valence-electron chi connectivity index (χ4n) is 3.01. The van der Waals surface area contributed by atoms with Gasteiger partial charge in [-0.3, -0.25) is 9.30 Å². The Kier molecular flexibility index (Phi) is 5.96. The molecular formula is C15H24ClN5. The molecule has 116 valence electrons. The van der Waals surface area contributed by atoms with E-state index in [-0.39, 0.29) is 12.4 Å². The normalized spacial score (nSPS) is 16.3. The number of rotatable bonds is 5. The fourth-order valence-corrected chi connectivity index (χ4v) is 3.01. The van der Waals surface area contributed by atoms with Gasteiger partial charge in [0.15, 0.2) is 0 Å². The molecule has 1 aliphatic heterocycles. The summed E-state index contributed by atoms with van der Waals surface area (Å²) in [5.74, 6) is 0.796.